The zero-order chi connectivity index (χ0) is 12.1. The first-order valence-electron chi connectivity index (χ1n) is 5.80. The molecular weight excluding hydrogens is 208 g/mol. The molecule has 0 aliphatic heterocycles. The largest absolute Gasteiger partial charge is 0.307 e. The van der Waals surface area contributed by atoms with Crippen LogP contribution in [-0.2, 0) is 0 Å². The summed E-state index contributed by atoms with van der Waals surface area (Å²) < 4.78 is 26.5. The molecule has 0 aliphatic rings. The fourth-order valence-electron chi connectivity index (χ4n) is 1.82. The maximum Gasteiger partial charge on any atom is 0.163 e. The Bertz CT molecular complexity index is 335. The third kappa shape index (κ3) is 3.01. The van der Waals surface area contributed by atoms with E-state index in [1.807, 2.05) is 6.92 Å². The predicted octanol–water partition coefficient (Wildman–Crippen LogP) is 3.80. The predicted molar refractivity (Wildman–Crippen MR) is 62.3 cm³/mol. The molecule has 0 aromatic heterocycles. The highest BCUT2D eigenvalue weighted by Gasteiger charge is 2.16. The third-order valence-electron chi connectivity index (χ3n) is 2.92. The van der Waals surface area contributed by atoms with E-state index in [2.05, 4.69) is 19.2 Å². The van der Waals surface area contributed by atoms with Gasteiger partial charge in [-0.3, -0.25) is 0 Å². The molecule has 0 fully saturated rings. The molecule has 0 aliphatic carbocycles. The van der Waals surface area contributed by atoms with Gasteiger partial charge in [-0.1, -0.05) is 26.0 Å². The van der Waals surface area contributed by atoms with Crippen molar-refractivity contribution in [1.29, 1.82) is 0 Å². The summed E-state index contributed by atoms with van der Waals surface area (Å²) in [5, 5.41) is 3.29. The maximum atomic E-state index is 13.5. The van der Waals surface area contributed by atoms with Crippen molar-refractivity contribution in [2.45, 2.75) is 45.7 Å². The van der Waals surface area contributed by atoms with Gasteiger partial charge in [-0.2, -0.15) is 0 Å². The van der Waals surface area contributed by atoms with Crippen LogP contribution in [-0.4, -0.2) is 6.04 Å². The molecule has 1 aromatic rings. The van der Waals surface area contributed by atoms with Crippen LogP contribution in [0.1, 0.15) is 45.2 Å². The van der Waals surface area contributed by atoms with Gasteiger partial charge in [0.25, 0.3) is 0 Å². The molecule has 1 aromatic carbocycles. The molecule has 3 heteroatoms. The average Bonchev–Trinajstić information content (AvgIpc) is 2.29. The van der Waals surface area contributed by atoms with Gasteiger partial charge in [-0.05, 0) is 25.8 Å². The van der Waals surface area contributed by atoms with E-state index >= 15 is 0 Å². The van der Waals surface area contributed by atoms with Gasteiger partial charge < -0.3 is 5.32 Å². The highest BCUT2D eigenvalue weighted by molar-refractivity contribution is 5.22. The van der Waals surface area contributed by atoms with Crippen molar-refractivity contribution in [3.63, 3.8) is 0 Å². The Morgan fingerprint density at radius 1 is 1.19 bits per heavy atom. The van der Waals surface area contributed by atoms with Gasteiger partial charge in [0.15, 0.2) is 11.6 Å². The Labute approximate surface area is 95.9 Å². The minimum absolute atomic E-state index is 0.166. The Hall–Kier alpha value is -0.960. The molecule has 1 unspecified atom stereocenters. The van der Waals surface area contributed by atoms with Gasteiger partial charge in [0.2, 0.25) is 0 Å². The average molecular weight is 227 g/mol. The summed E-state index contributed by atoms with van der Waals surface area (Å²) in [6.45, 7) is 6.02. The summed E-state index contributed by atoms with van der Waals surface area (Å²) in [5.41, 5.74) is 0.395. The summed E-state index contributed by atoms with van der Waals surface area (Å²) in [6.07, 6.45) is 1.97. The topological polar surface area (TPSA) is 12.0 Å². The minimum atomic E-state index is -0.782. The molecule has 0 amide bonds. The molecular formula is C13H19F2N. The number of halogens is 2. The molecule has 90 valence electrons. The Kier molecular flexibility index (Phi) is 4.87. The van der Waals surface area contributed by atoms with Gasteiger partial charge in [0.05, 0.1) is 0 Å². The number of nitrogens with one attached hydrogen (secondary N) is 1. The van der Waals surface area contributed by atoms with E-state index in [0.29, 0.717) is 11.6 Å². The molecule has 0 heterocycles. The van der Waals surface area contributed by atoms with Crippen molar-refractivity contribution >= 4 is 0 Å². The van der Waals surface area contributed by atoms with E-state index in [1.165, 1.54) is 0 Å². The molecule has 16 heavy (non-hydrogen) atoms. The molecule has 0 saturated carbocycles. The van der Waals surface area contributed by atoms with E-state index in [-0.39, 0.29) is 6.04 Å². The zero-order valence-corrected chi connectivity index (χ0v) is 10.1. The summed E-state index contributed by atoms with van der Waals surface area (Å²) in [4.78, 5) is 0. The van der Waals surface area contributed by atoms with E-state index in [0.717, 1.165) is 18.9 Å². The first-order valence-corrected chi connectivity index (χ1v) is 5.80. The molecule has 1 atom stereocenters. The van der Waals surface area contributed by atoms with E-state index < -0.39 is 11.6 Å². The number of hydrogen-bond donors (Lipinski definition) is 1. The molecule has 1 N–H and O–H groups in total. The van der Waals surface area contributed by atoms with Crippen molar-refractivity contribution in [2.24, 2.45) is 0 Å². The van der Waals surface area contributed by atoms with Gasteiger partial charge in [-0.15, -0.1) is 0 Å². The van der Waals surface area contributed by atoms with Gasteiger partial charge >= 0.3 is 0 Å². The summed E-state index contributed by atoms with van der Waals surface area (Å²) >= 11 is 0. The second-order valence-corrected chi connectivity index (χ2v) is 4.04. The highest BCUT2D eigenvalue weighted by Crippen LogP contribution is 2.20. The van der Waals surface area contributed by atoms with Crippen LogP contribution in [0.3, 0.4) is 0 Å². The molecule has 1 rings (SSSR count). The van der Waals surface area contributed by atoms with E-state index in [4.69, 9.17) is 0 Å². The Morgan fingerprint density at radius 3 is 2.38 bits per heavy atom. The van der Waals surface area contributed by atoms with Crippen LogP contribution in [0.5, 0.6) is 0 Å². The van der Waals surface area contributed by atoms with E-state index in [1.54, 1.807) is 12.1 Å². The lowest BCUT2D eigenvalue weighted by Gasteiger charge is -2.21. The monoisotopic (exact) mass is 227 g/mol. The SMILES string of the molecule is CCC(CC)NC(C)c1cccc(F)c1F. The summed E-state index contributed by atoms with van der Waals surface area (Å²) in [7, 11) is 0. The van der Waals surface area contributed by atoms with Crippen molar-refractivity contribution in [3.8, 4) is 0 Å². The first-order chi connectivity index (χ1) is 7.60. The van der Waals surface area contributed by atoms with Gasteiger partial charge in [0.1, 0.15) is 0 Å². The number of hydrogen-bond acceptors (Lipinski definition) is 1. The van der Waals surface area contributed by atoms with E-state index in [9.17, 15) is 8.78 Å². The van der Waals surface area contributed by atoms with Crippen molar-refractivity contribution < 1.29 is 8.78 Å². The second kappa shape index (κ2) is 5.94. The fourth-order valence-corrected chi connectivity index (χ4v) is 1.82. The number of rotatable bonds is 5. The normalized spacial score (nSPS) is 13.1. The van der Waals surface area contributed by atoms with Crippen LogP contribution in [0, 0.1) is 11.6 Å². The second-order valence-electron chi connectivity index (χ2n) is 4.04. The molecule has 0 bridgehead atoms. The van der Waals surface area contributed by atoms with Crippen LogP contribution in [0.2, 0.25) is 0 Å². The summed E-state index contributed by atoms with van der Waals surface area (Å²) in [5.74, 6) is -1.52. The molecule has 0 spiro atoms. The fraction of sp³-hybridized carbons (Fsp3) is 0.538. The lowest BCUT2D eigenvalue weighted by Crippen LogP contribution is -2.30. The lowest BCUT2D eigenvalue weighted by molar-refractivity contribution is 0.413. The molecule has 1 nitrogen and oxygen atoms in total. The van der Waals surface area contributed by atoms with Crippen molar-refractivity contribution in [2.75, 3.05) is 0 Å². The van der Waals surface area contributed by atoms with Crippen LogP contribution in [0.4, 0.5) is 8.78 Å². The third-order valence-corrected chi connectivity index (χ3v) is 2.92. The standard InChI is InChI=1S/C13H19F2N/c1-4-10(5-2)16-9(3)11-7-6-8-12(14)13(11)15/h6-10,16H,4-5H2,1-3H3. The van der Waals surface area contributed by atoms with Crippen molar-refractivity contribution in [1.82, 2.24) is 5.32 Å². The Morgan fingerprint density at radius 2 is 1.81 bits per heavy atom. The van der Waals surface area contributed by atoms with Crippen LogP contribution in [0.15, 0.2) is 18.2 Å². The number of benzene rings is 1. The molecule has 0 radical (unpaired) electrons. The van der Waals surface area contributed by atoms with Crippen molar-refractivity contribution in [3.05, 3.63) is 35.4 Å². The quantitative estimate of drug-likeness (QED) is 0.806. The first kappa shape index (κ1) is 13.1. The zero-order valence-electron chi connectivity index (χ0n) is 10.1. The minimum Gasteiger partial charge on any atom is -0.307 e. The Balaban J connectivity index is 2.80. The highest BCUT2D eigenvalue weighted by atomic mass is 19.2. The smallest absolute Gasteiger partial charge is 0.163 e. The van der Waals surface area contributed by atoms with Crippen LogP contribution >= 0.6 is 0 Å². The van der Waals surface area contributed by atoms with Gasteiger partial charge in [-0.25, -0.2) is 8.78 Å². The molecule has 0 saturated heterocycles. The lowest BCUT2D eigenvalue weighted by atomic mass is 10.0. The van der Waals surface area contributed by atoms with Crippen LogP contribution < -0.4 is 5.32 Å². The summed E-state index contributed by atoms with van der Waals surface area (Å²) in [6, 6.07) is 4.48. The van der Waals surface area contributed by atoms with Crippen LogP contribution in [0.25, 0.3) is 0 Å². The maximum absolute atomic E-state index is 13.5. The van der Waals surface area contributed by atoms with Gasteiger partial charge in [0, 0.05) is 17.6 Å².